The average Bonchev–Trinajstić information content (AvgIpc) is 2.76. The minimum Gasteiger partial charge on any atom is -0.352 e. The predicted octanol–water partition coefficient (Wildman–Crippen LogP) is 5.95. The van der Waals surface area contributed by atoms with E-state index in [-0.39, 0.29) is 23.6 Å². The predicted molar refractivity (Wildman–Crippen MR) is 132 cm³/mol. The largest absolute Gasteiger partial charge is 0.352 e. The Morgan fingerprint density at radius 2 is 1.71 bits per heavy atom. The molecule has 2 unspecified atom stereocenters. The lowest BCUT2D eigenvalue weighted by atomic mass is 10.1. The summed E-state index contributed by atoms with van der Waals surface area (Å²) in [7, 11) is 0. The Balaban J connectivity index is 2.14. The Hall–Kier alpha value is -1.69. The number of thioether (sulfide) groups is 1. The molecular weight excluding hydrogens is 451 g/mol. The molecule has 0 spiro atoms. The fourth-order valence-corrected chi connectivity index (χ4v) is 4.42. The van der Waals surface area contributed by atoms with Crippen LogP contribution in [-0.4, -0.2) is 34.6 Å². The number of amides is 2. The molecule has 0 heterocycles. The van der Waals surface area contributed by atoms with Gasteiger partial charge in [0.25, 0.3) is 0 Å². The first-order valence-corrected chi connectivity index (χ1v) is 12.4. The molecule has 0 aliphatic rings. The Bertz CT molecular complexity index is 861. The lowest BCUT2D eigenvalue weighted by Crippen LogP contribution is -2.51. The summed E-state index contributed by atoms with van der Waals surface area (Å²) in [6.45, 7) is 6.28. The molecule has 0 radical (unpaired) electrons. The van der Waals surface area contributed by atoms with E-state index >= 15 is 0 Å². The van der Waals surface area contributed by atoms with E-state index in [0.29, 0.717) is 28.8 Å². The number of carbonyl (C=O) groups excluding carboxylic acids is 2. The lowest BCUT2D eigenvalue weighted by Gasteiger charge is -2.31. The van der Waals surface area contributed by atoms with Crippen molar-refractivity contribution in [1.29, 1.82) is 0 Å². The van der Waals surface area contributed by atoms with Gasteiger partial charge in [-0.1, -0.05) is 67.4 Å². The van der Waals surface area contributed by atoms with Gasteiger partial charge in [0.15, 0.2) is 0 Å². The summed E-state index contributed by atoms with van der Waals surface area (Å²) in [4.78, 5) is 27.8. The Morgan fingerprint density at radius 3 is 2.32 bits per heavy atom. The normalized spacial score (nSPS) is 12.8. The molecule has 0 saturated carbocycles. The number of carbonyl (C=O) groups is 2. The van der Waals surface area contributed by atoms with Gasteiger partial charge < -0.3 is 10.2 Å². The fraction of sp³-hybridized carbons (Fsp3) is 0.417. The molecule has 0 aliphatic heterocycles. The Labute approximate surface area is 199 Å². The van der Waals surface area contributed by atoms with Crippen molar-refractivity contribution in [2.45, 2.75) is 58.0 Å². The van der Waals surface area contributed by atoms with Crippen LogP contribution in [0.4, 0.5) is 0 Å². The summed E-state index contributed by atoms with van der Waals surface area (Å²) < 4.78 is 0. The van der Waals surface area contributed by atoms with E-state index < -0.39 is 6.04 Å². The van der Waals surface area contributed by atoms with E-state index in [1.807, 2.05) is 57.2 Å². The van der Waals surface area contributed by atoms with Gasteiger partial charge in [-0.05, 0) is 49.1 Å². The molecule has 0 bridgehead atoms. The molecule has 2 aromatic rings. The van der Waals surface area contributed by atoms with Crippen molar-refractivity contribution < 1.29 is 9.59 Å². The lowest BCUT2D eigenvalue weighted by molar-refractivity contribution is -0.139. The van der Waals surface area contributed by atoms with Gasteiger partial charge in [-0.15, -0.1) is 11.8 Å². The SMILES string of the molecule is CCC(C)NC(=O)C(CC)N(Cc1ccc(Cl)cc1)C(=O)CSCc1ccccc1Cl. The number of nitrogens with zero attached hydrogens (tertiary/aromatic N) is 1. The van der Waals surface area contributed by atoms with Crippen LogP contribution in [0, 0.1) is 0 Å². The van der Waals surface area contributed by atoms with Gasteiger partial charge in [0.05, 0.1) is 5.75 Å². The van der Waals surface area contributed by atoms with Crippen molar-refractivity contribution in [2.24, 2.45) is 0 Å². The van der Waals surface area contributed by atoms with Gasteiger partial charge in [0.1, 0.15) is 6.04 Å². The van der Waals surface area contributed by atoms with E-state index in [9.17, 15) is 9.59 Å². The molecule has 2 atom stereocenters. The smallest absolute Gasteiger partial charge is 0.243 e. The van der Waals surface area contributed by atoms with Crippen molar-refractivity contribution in [1.82, 2.24) is 10.2 Å². The monoisotopic (exact) mass is 480 g/mol. The van der Waals surface area contributed by atoms with Crippen LogP contribution in [0.5, 0.6) is 0 Å². The summed E-state index contributed by atoms with van der Waals surface area (Å²) in [6.07, 6.45) is 1.37. The molecule has 4 nitrogen and oxygen atoms in total. The molecule has 1 N–H and O–H groups in total. The molecule has 2 amide bonds. The van der Waals surface area contributed by atoms with E-state index in [1.165, 1.54) is 11.8 Å². The van der Waals surface area contributed by atoms with Crippen LogP contribution in [-0.2, 0) is 21.9 Å². The number of rotatable bonds is 11. The molecule has 7 heteroatoms. The van der Waals surface area contributed by atoms with Crippen LogP contribution < -0.4 is 5.32 Å². The number of benzene rings is 2. The third-order valence-electron chi connectivity index (χ3n) is 5.09. The van der Waals surface area contributed by atoms with Crippen LogP contribution >= 0.6 is 35.0 Å². The van der Waals surface area contributed by atoms with Crippen LogP contribution in [0.1, 0.15) is 44.7 Å². The molecule has 0 fully saturated rings. The number of hydrogen-bond acceptors (Lipinski definition) is 3. The number of halogens is 2. The zero-order valence-electron chi connectivity index (χ0n) is 18.2. The molecule has 0 saturated heterocycles. The summed E-state index contributed by atoms with van der Waals surface area (Å²) in [5, 5.41) is 4.35. The van der Waals surface area contributed by atoms with E-state index in [2.05, 4.69) is 5.32 Å². The number of nitrogens with one attached hydrogen (secondary N) is 1. The van der Waals surface area contributed by atoms with Crippen molar-refractivity contribution in [3.8, 4) is 0 Å². The molecule has 0 aliphatic carbocycles. The van der Waals surface area contributed by atoms with Crippen molar-refractivity contribution >= 4 is 46.8 Å². The first kappa shape index (κ1) is 25.6. The van der Waals surface area contributed by atoms with Gasteiger partial charge >= 0.3 is 0 Å². The van der Waals surface area contributed by atoms with Crippen LogP contribution in [0.25, 0.3) is 0 Å². The highest BCUT2D eigenvalue weighted by molar-refractivity contribution is 7.99. The quantitative estimate of drug-likeness (QED) is 0.432. The Kier molecular flexibility index (Phi) is 10.7. The molecule has 2 aromatic carbocycles. The molecular formula is C24H30Cl2N2O2S. The molecule has 2 rings (SSSR count). The molecule has 31 heavy (non-hydrogen) atoms. The third-order valence-corrected chi connectivity index (χ3v) is 6.68. The van der Waals surface area contributed by atoms with Crippen molar-refractivity contribution in [2.75, 3.05) is 5.75 Å². The van der Waals surface area contributed by atoms with Gasteiger partial charge in [-0.3, -0.25) is 9.59 Å². The Morgan fingerprint density at radius 1 is 1.03 bits per heavy atom. The maximum Gasteiger partial charge on any atom is 0.243 e. The van der Waals surface area contributed by atoms with Crippen molar-refractivity contribution in [3.63, 3.8) is 0 Å². The van der Waals surface area contributed by atoms with Gasteiger partial charge in [-0.2, -0.15) is 0 Å². The van der Waals surface area contributed by atoms with Gasteiger partial charge in [-0.25, -0.2) is 0 Å². The summed E-state index contributed by atoms with van der Waals surface area (Å²) in [6, 6.07) is 14.5. The first-order valence-electron chi connectivity index (χ1n) is 10.5. The van der Waals surface area contributed by atoms with Crippen LogP contribution in [0.3, 0.4) is 0 Å². The first-order chi connectivity index (χ1) is 14.8. The summed E-state index contributed by atoms with van der Waals surface area (Å²) in [5.74, 6) is 0.718. The molecule has 168 valence electrons. The zero-order valence-corrected chi connectivity index (χ0v) is 20.6. The summed E-state index contributed by atoms with van der Waals surface area (Å²) in [5.41, 5.74) is 1.93. The highest BCUT2D eigenvalue weighted by Crippen LogP contribution is 2.22. The highest BCUT2D eigenvalue weighted by atomic mass is 35.5. The number of hydrogen-bond donors (Lipinski definition) is 1. The zero-order chi connectivity index (χ0) is 22.8. The standard InChI is InChI=1S/C24H30Cl2N2O2S/c1-4-17(3)27-24(30)22(5-2)28(14-18-10-12-20(25)13-11-18)23(29)16-31-15-19-8-6-7-9-21(19)26/h6-13,17,22H,4-5,14-16H2,1-3H3,(H,27,30). The minimum atomic E-state index is -0.530. The van der Waals surface area contributed by atoms with E-state index in [0.717, 1.165) is 17.5 Å². The second kappa shape index (κ2) is 13.0. The maximum atomic E-state index is 13.2. The average molecular weight is 481 g/mol. The van der Waals surface area contributed by atoms with Gasteiger partial charge in [0.2, 0.25) is 11.8 Å². The summed E-state index contributed by atoms with van der Waals surface area (Å²) >= 11 is 13.7. The van der Waals surface area contributed by atoms with E-state index in [1.54, 1.807) is 17.0 Å². The topological polar surface area (TPSA) is 49.4 Å². The van der Waals surface area contributed by atoms with Gasteiger partial charge in [0, 0.05) is 28.4 Å². The van der Waals surface area contributed by atoms with Crippen LogP contribution in [0.2, 0.25) is 10.0 Å². The second-order valence-electron chi connectivity index (χ2n) is 7.47. The highest BCUT2D eigenvalue weighted by Gasteiger charge is 2.29. The third kappa shape index (κ3) is 8.06. The maximum absolute atomic E-state index is 13.2. The van der Waals surface area contributed by atoms with Crippen LogP contribution in [0.15, 0.2) is 48.5 Å². The second-order valence-corrected chi connectivity index (χ2v) is 9.30. The van der Waals surface area contributed by atoms with Crippen molar-refractivity contribution in [3.05, 3.63) is 69.7 Å². The molecule has 0 aromatic heterocycles. The van der Waals surface area contributed by atoms with E-state index in [4.69, 9.17) is 23.2 Å². The minimum absolute atomic E-state index is 0.0589. The fourth-order valence-electron chi connectivity index (χ4n) is 3.09.